The average molecular weight is 229 g/mol. The lowest BCUT2D eigenvalue weighted by atomic mass is 10.1. The van der Waals surface area contributed by atoms with Crippen molar-refractivity contribution in [1.82, 2.24) is 9.55 Å². The molecule has 0 aliphatic rings. The van der Waals surface area contributed by atoms with Crippen molar-refractivity contribution in [2.45, 2.75) is 33.2 Å². The van der Waals surface area contributed by atoms with Crippen molar-refractivity contribution in [1.29, 1.82) is 0 Å². The zero-order valence-electron chi connectivity index (χ0n) is 10.5. The molecule has 2 aromatic rings. The van der Waals surface area contributed by atoms with Gasteiger partial charge in [-0.3, -0.25) is 0 Å². The quantitative estimate of drug-likeness (QED) is 0.849. The van der Waals surface area contributed by atoms with E-state index in [-0.39, 0.29) is 0 Å². The minimum absolute atomic E-state index is 0.913. The summed E-state index contributed by atoms with van der Waals surface area (Å²) in [6.45, 7) is 5.24. The van der Waals surface area contributed by atoms with Gasteiger partial charge in [0.05, 0.1) is 0 Å². The first-order chi connectivity index (χ1) is 8.35. The molecule has 3 heteroatoms. The van der Waals surface area contributed by atoms with Gasteiger partial charge in [0.25, 0.3) is 0 Å². The lowest BCUT2D eigenvalue weighted by Gasteiger charge is -2.11. The molecule has 0 fully saturated rings. The third-order valence-electron chi connectivity index (χ3n) is 2.84. The van der Waals surface area contributed by atoms with Gasteiger partial charge in [-0.25, -0.2) is 4.98 Å². The van der Waals surface area contributed by atoms with Crippen LogP contribution in [0.5, 0.6) is 0 Å². The Kier molecular flexibility index (Phi) is 3.81. The van der Waals surface area contributed by atoms with E-state index < -0.39 is 0 Å². The molecular formula is C14H19N3. The molecule has 0 aliphatic heterocycles. The standard InChI is InChI=1S/C14H19N3/c1-3-7-12-8-5-6-9-13(12)16-14-15-10-11-17(14)4-2/h5-6,8-11H,3-4,7H2,1-2H3,(H,15,16). The minimum Gasteiger partial charge on any atom is -0.325 e. The van der Waals surface area contributed by atoms with Gasteiger partial charge in [-0.15, -0.1) is 0 Å². The van der Waals surface area contributed by atoms with E-state index in [0.717, 1.165) is 31.0 Å². The Morgan fingerprint density at radius 2 is 2.06 bits per heavy atom. The Morgan fingerprint density at radius 1 is 1.24 bits per heavy atom. The van der Waals surface area contributed by atoms with Gasteiger partial charge in [-0.1, -0.05) is 31.5 Å². The van der Waals surface area contributed by atoms with Crippen LogP contribution in [0, 0.1) is 0 Å². The largest absolute Gasteiger partial charge is 0.325 e. The number of rotatable bonds is 5. The smallest absolute Gasteiger partial charge is 0.207 e. The zero-order valence-corrected chi connectivity index (χ0v) is 10.5. The highest BCUT2D eigenvalue weighted by Gasteiger charge is 2.04. The molecule has 1 N–H and O–H groups in total. The highest BCUT2D eigenvalue weighted by Crippen LogP contribution is 2.20. The van der Waals surface area contributed by atoms with Crippen LogP contribution in [-0.2, 0) is 13.0 Å². The van der Waals surface area contributed by atoms with Crippen LogP contribution in [0.4, 0.5) is 11.6 Å². The molecule has 17 heavy (non-hydrogen) atoms. The summed E-state index contributed by atoms with van der Waals surface area (Å²) in [7, 11) is 0. The molecule has 0 saturated heterocycles. The number of para-hydroxylation sites is 1. The van der Waals surface area contributed by atoms with E-state index in [2.05, 4.69) is 53.0 Å². The van der Waals surface area contributed by atoms with E-state index in [1.54, 1.807) is 0 Å². The lowest BCUT2D eigenvalue weighted by Crippen LogP contribution is -2.03. The second kappa shape index (κ2) is 5.53. The second-order valence-electron chi connectivity index (χ2n) is 4.07. The molecule has 0 saturated carbocycles. The van der Waals surface area contributed by atoms with E-state index >= 15 is 0 Å². The number of aryl methyl sites for hydroxylation is 2. The first-order valence-corrected chi connectivity index (χ1v) is 6.21. The molecule has 0 spiro atoms. The molecule has 0 atom stereocenters. The van der Waals surface area contributed by atoms with Crippen molar-refractivity contribution < 1.29 is 0 Å². The Labute approximate surface area is 103 Å². The molecule has 0 aliphatic carbocycles. The van der Waals surface area contributed by atoms with E-state index in [4.69, 9.17) is 0 Å². The topological polar surface area (TPSA) is 29.9 Å². The summed E-state index contributed by atoms with van der Waals surface area (Å²) < 4.78 is 2.10. The van der Waals surface area contributed by atoms with Crippen LogP contribution in [0.2, 0.25) is 0 Å². The van der Waals surface area contributed by atoms with Crippen LogP contribution in [0.1, 0.15) is 25.8 Å². The Balaban J connectivity index is 2.23. The zero-order chi connectivity index (χ0) is 12.1. The molecule has 1 heterocycles. The molecule has 0 amide bonds. The van der Waals surface area contributed by atoms with Crippen LogP contribution in [-0.4, -0.2) is 9.55 Å². The number of hydrogen-bond acceptors (Lipinski definition) is 2. The first-order valence-electron chi connectivity index (χ1n) is 6.21. The predicted octanol–water partition coefficient (Wildman–Crippen LogP) is 3.60. The van der Waals surface area contributed by atoms with Crippen molar-refractivity contribution in [3.63, 3.8) is 0 Å². The summed E-state index contributed by atoms with van der Waals surface area (Å²) in [5, 5.41) is 3.41. The summed E-state index contributed by atoms with van der Waals surface area (Å²) in [5.74, 6) is 0.913. The molecule has 0 bridgehead atoms. The SMILES string of the molecule is CCCc1ccccc1Nc1nccn1CC. The fourth-order valence-electron chi connectivity index (χ4n) is 1.94. The Hall–Kier alpha value is -1.77. The van der Waals surface area contributed by atoms with E-state index in [1.807, 2.05) is 12.4 Å². The molecule has 0 radical (unpaired) electrons. The summed E-state index contributed by atoms with van der Waals surface area (Å²) >= 11 is 0. The molecule has 2 rings (SSSR count). The van der Waals surface area contributed by atoms with E-state index in [0.29, 0.717) is 0 Å². The maximum Gasteiger partial charge on any atom is 0.207 e. The fourth-order valence-corrected chi connectivity index (χ4v) is 1.94. The second-order valence-corrected chi connectivity index (χ2v) is 4.07. The number of nitrogens with zero attached hydrogens (tertiary/aromatic N) is 2. The summed E-state index contributed by atoms with van der Waals surface area (Å²) in [5.41, 5.74) is 2.51. The number of imidazole rings is 1. The number of anilines is 2. The molecular weight excluding hydrogens is 210 g/mol. The van der Waals surface area contributed by atoms with Gasteiger partial charge >= 0.3 is 0 Å². The molecule has 90 valence electrons. The average Bonchev–Trinajstić information content (AvgIpc) is 2.79. The van der Waals surface area contributed by atoms with E-state index in [9.17, 15) is 0 Å². The van der Waals surface area contributed by atoms with E-state index in [1.165, 1.54) is 5.56 Å². The van der Waals surface area contributed by atoms with Gasteiger partial charge < -0.3 is 9.88 Å². The molecule has 3 nitrogen and oxygen atoms in total. The van der Waals surface area contributed by atoms with Crippen molar-refractivity contribution in [2.24, 2.45) is 0 Å². The van der Waals surface area contributed by atoms with Crippen molar-refractivity contribution >= 4 is 11.6 Å². The first kappa shape index (κ1) is 11.7. The number of aromatic nitrogens is 2. The summed E-state index contributed by atoms with van der Waals surface area (Å²) in [6, 6.07) is 8.42. The monoisotopic (exact) mass is 229 g/mol. The van der Waals surface area contributed by atoms with Crippen LogP contribution in [0.15, 0.2) is 36.7 Å². The summed E-state index contributed by atoms with van der Waals surface area (Å²) in [6.07, 6.45) is 6.07. The van der Waals surface area contributed by atoms with Crippen LogP contribution in [0.3, 0.4) is 0 Å². The maximum atomic E-state index is 4.34. The Morgan fingerprint density at radius 3 is 2.82 bits per heavy atom. The van der Waals surface area contributed by atoms with Gasteiger partial charge in [0.2, 0.25) is 5.95 Å². The van der Waals surface area contributed by atoms with Gasteiger partial charge in [0.15, 0.2) is 0 Å². The third-order valence-corrected chi connectivity index (χ3v) is 2.84. The van der Waals surface area contributed by atoms with Crippen molar-refractivity contribution in [2.75, 3.05) is 5.32 Å². The van der Waals surface area contributed by atoms with Crippen molar-refractivity contribution in [3.8, 4) is 0 Å². The van der Waals surface area contributed by atoms with Crippen LogP contribution in [0.25, 0.3) is 0 Å². The molecule has 0 unspecified atom stereocenters. The minimum atomic E-state index is 0.913. The lowest BCUT2D eigenvalue weighted by molar-refractivity contribution is 0.771. The molecule has 1 aromatic carbocycles. The highest BCUT2D eigenvalue weighted by atomic mass is 15.2. The van der Waals surface area contributed by atoms with Crippen LogP contribution >= 0.6 is 0 Å². The maximum absolute atomic E-state index is 4.34. The Bertz CT molecular complexity index is 474. The number of benzene rings is 1. The number of hydrogen-bond donors (Lipinski definition) is 1. The predicted molar refractivity (Wildman–Crippen MR) is 71.6 cm³/mol. The number of nitrogens with one attached hydrogen (secondary N) is 1. The van der Waals surface area contributed by atoms with Gasteiger partial charge in [-0.05, 0) is 25.0 Å². The van der Waals surface area contributed by atoms with Gasteiger partial charge in [0.1, 0.15) is 0 Å². The third kappa shape index (κ3) is 2.67. The fraction of sp³-hybridized carbons (Fsp3) is 0.357. The van der Waals surface area contributed by atoms with Gasteiger partial charge in [-0.2, -0.15) is 0 Å². The van der Waals surface area contributed by atoms with Gasteiger partial charge in [0, 0.05) is 24.6 Å². The molecule has 1 aromatic heterocycles. The normalized spacial score (nSPS) is 10.5. The summed E-state index contributed by atoms with van der Waals surface area (Å²) in [4.78, 5) is 4.34. The van der Waals surface area contributed by atoms with Crippen molar-refractivity contribution in [3.05, 3.63) is 42.2 Å². The highest BCUT2D eigenvalue weighted by molar-refractivity contribution is 5.58. The van der Waals surface area contributed by atoms with Crippen LogP contribution < -0.4 is 5.32 Å².